The number of rotatable bonds is 7. The molecule has 0 spiro atoms. The topological polar surface area (TPSA) is 72.9 Å². The van der Waals surface area contributed by atoms with Crippen molar-refractivity contribution in [1.29, 1.82) is 0 Å². The van der Waals surface area contributed by atoms with E-state index < -0.39 is 0 Å². The molecule has 2 rings (SSSR count). The smallest absolute Gasteiger partial charge is 0.224 e. The average Bonchev–Trinajstić information content (AvgIpc) is 3.00. The lowest BCUT2D eigenvalue weighted by Crippen LogP contribution is -2.15. The molecule has 112 valence electrons. The molecule has 5 heteroatoms. The zero-order chi connectivity index (χ0) is 15.1. The van der Waals surface area contributed by atoms with Gasteiger partial charge in [0.25, 0.3) is 0 Å². The summed E-state index contributed by atoms with van der Waals surface area (Å²) in [7, 11) is 0. The second kappa shape index (κ2) is 7.59. The fourth-order valence-corrected chi connectivity index (χ4v) is 2.21. The van der Waals surface area contributed by atoms with Gasteiger partial charge in [-0.15, -0.1) is 0 Å². The summed E-state index contributed by atoms with van der Waals surface area (Å²) < 4.78 is 1.74. The first kappa shape index (κ1) is 15.3. The first-order valence-corrected chi connectivity index (χ1v) is 7.29. The summed E-state index contributed by atoms with van der Waals surface area (Å²) in [5, 5.41) is 7.17. The predicted molar refractivity (Wildman–Crippen MR) is 84.3 cm³/mol. The second-order valence-electron chi connectivity index (χ2n) is 5.24. The van der Waals surface area contributed by atoms with Crippen molar-refractivity contribution in [2.45, 2.75) is 26.2 Å². The van der Waals surface area contributed by atoms with E-state index in [1.807, 2.05) is 36.5 Å². The fraction of sp³-hybridized carbons (Fsp3) is 0.375. The van der Waals surface area contributed by atoms with Crippen molar-refractivity contribution in [3.63, 3.8) is 0 Å². The molecule has 0 radical (unpaired) electrons. The van der Waals surface area contributed by atoms with Crippen LogP contribution in [0.3, 0.4) is 0 Å². The Kier molecular flexibility index (Phi) is 5.51. The molecule has 1 unspecified atom stereocenters. The fourth-order valence-electron chi connectivity index (χ4n) is 2.21. The van der Waals surface area contributed by atoms with E-state index in [9.17, 15) is 4.79 Å². The number of carbonyl (C=O) groups is 1. The summed E-state index contributed by atoms with van der Waals surface area (Å²) in [5.41, 5.74) is 7.17. The van der Waals surface area contributed by atoms with Crippen molar-refractivity contribution >= 4 is 11.6 Å². The Morgan fingerprint density at radius 2 is 2.14 bits per heavy atom. The Morgan fingerprint density at radius 3 is 2.86 bits per heavy atom. The van der Waals surface area contributed by atoms with Crippen LogP contribution in [0.5, 0.6) is 0 Å². The number of nitrogens with zero attached hydrogens (tertiary/aromatic N) is 2. The number of carbonyl (C=O) groups excluding carboxylic acids is 1. The molecule has 0 aliphatic rings. The number of hydrogen-bond donors (Lipinski definition) is 2. The zero-order valence-corrected chi connectivity index (χ0v) is 12.3. The highest BCUT2D eigenvalue weighted by molar-refractivity contribution is 5.92. The summed E-state index contributed by atoms with van der Waals surface area (Å²) in [6.45, 7) is 2.79. The Labute approximate surface area is 125 Å². The third-order valence-corrected chi connectivity index (χ3v) is 3.45. The second-order valence-corrected chi connectivity index (χ2v) is 5.24. The molecule has 21 heavy (non-hydrogen) atoms. The van der Waals surface area contributed by atoms with Crippen molar-refractivity contribution in [1.82, 2.24) is 9.78 Å². The lowest BCUT2D eigenvalue weighted by atomic mass is 10.0. The molecule has 0 bridgehead atoms. The van der Waals surface area contributed by atoms with E-state index in [-0.39, 0.29) is 5.91 Å². The third kappa shape index (κ3) is 4.43. The number of nitrogens with one attached hydrogen (secondary N) is 1. The Balaban J connectivity index is 1.98. The summed E-state index contributed by atoms with van der Waals surface area (Å²) >= 11 is 0. The number of para-hydroxylation sites is 2. The molecule has 1 aromatic heterocycles. The van der Waals surface area contributed by atoms with Crippen LogP contribution in [0.1, 0.15) is 26.2 Å². The van der Waals surface area contributed by atoms with Crippen LogP contribution in [0.15, 0.2) is 42.7 Å². The molecular formula is C16H22N4O. The van der Waals surface area contributed by atoms with E-state index in [4.69, 9.17) is 5.73 Å². The van der Waals surface area contributed by atoms with E-state index >= 15 is 0 Å². The van der Waals surface area contributed by atoms with Gasteiger partial charge in [-0.3, -0.25) is 4.79 Å². The third-order valence-electron chi connectivity index (χ3n) is 3.45. The van der Waals surface area contributed by atoms with Gasteiger partial charge in [-0.25, -0.2) is 4.68 Å². The first-order valence-electron chi connectivity index (χ1n) is 7.29. The maximum atomic E-state index is 12.1. The molecule has 0 saturated carbocycles. The minimum Gasteiger partial charge on any atom is -0.330 e. The van der Waals surface area contributed by atoms with Gasteiger partial charge in [0, 0.05) is 18.8 Å². The van der Waals surface area contributed by atoms with Gasteiger partial charge in [0.15, 0.2) is 0 Å². The van der Waals surface area contributed by atoms with Gasteiger partial charge in [0.2, 0.25) is 5.91 Å². The van der Waals surface area contributed by atoms with Crippen LogP contribution in [0.25, 0.3) is 5.69 Å². The average molecular weight is 286 g/mol. The van der Waals surface area contributed by atoms with Crippen molar-refractivity contribution in [3.05, 3.63) is 42.7 Å². The maximum absolute atomic E-state index is 12.1. The number of amides is 1. The van der Waals surface area contributed by atoms with E-state index in [1.54, 1.807) is 10.9 Å². The maximum Gasteiger partial charge on any atom is 0.224 e. The number of nitrogens with two attached hydrogens (primary N) is 1. The van der Waals surface area contributed by atoms with Crippen LogP contribution >= 0.6 is 0 Å². The van der Waals surface area contributed by atoms with E-state index in [0.29, 0.717) is 18.9 Å². The number of benzene rings is 1. The molecule has 5 nitrogen and oxygen atoms in total. The van der Waals surface area contributed by atoms with Crippen LogP contribution in [-0.4, -0.2) is 22.2 Å². The van der Waals surface area contributed by atoms with Gasteiger partial charge < -0.3 is 11.1 Å². The molecule has 1 amide bonds. The number of hydrogen-bond acceptors (Lipinski definition) is 3. The van der Waals surface area contributed by atoms with Crippen molar-refractivity contribution in [2.24, 2.45) is 11.7 Å². The van der Waals surface area contributed by atoms with Crippen LogP contribution in [0, 0.1) is 5.92 Å². The minimum absolute atomic E-state index is 0.0264. The van der Waals surface area contributed by atoms with Crippen LogP contribution in [0.4, 0.5) is 5.69 Å². The molecule has 0 aliphatic carbocycles. The van der Waals surface area contributed by atoms with Gasteiger partial charge >= 0.3 is 0 Å². The highest BCUT2D eigenvalue weighted by Crippen LogP contribution is 2.19. The molecule has 0 fully saturated rings. The van der Waals surface area contributed by atoms with Crippen molar-refractivity contribution in [2.75, 3.05) is 11.9 Å². The Morgan fingerprint density at radius 1 is 1.33 bits per heavy atom. The monoisotopic (exact) mass is 286 g/mol. The van der Waals surface area contributed by atoms with Gasteiger partial charge in [0.1, 0.15) is 0 Å². The van der Waals surface area contributed by atoms with Gasteiger partial charge in [0.05, 0.1) is 11.4 Å². The van der Waals surface area contributed by atoms with Crippen LogP contribution in [0.2, 0.25) is 0 Å². The number of aromatic nitrogens is 2. The summed E-state index contributed by atoms with van der Waals surface area (Å²) in [5.74, 6) is 0.501. The normalized spacial score (nSPS) is 12.1. The molecule has 1 aromatic carbocycles. The molecule has 2 aromatic rings. The lowest BCUT2D eigenvalue weighted by Gasteiger charge is -2.12. The Hall–Kier alpha value is -2.14. The highest BCUT2D eigenvalue weighted by Gasteiger charge is 2.10. The molecule has 1 heterocycles. The molecule has 0 aliphatic heterocycles. The zero-order valence-electron chi connectivity index (χ0n) is 12.3. The highest BCUT2D eigenvalue weighted by atomic mass is 16.1. The summed E-state index contributed by atoms with van der Waals surface area (Å²) in [6.07, 6.45) is 5.89. The summed E-state index contributed by atoms with van der Waals surface area (Å²) in [4.78, 5) is 12.1. The lowest BCUT2D eigenvalue weighted by molar-refractivity contribution is -0.116. The molecular weight excluding hydrogens is 264 g/mol. The molecule has 3 N–H and O–H groups in total. The standard InChI is InChI=1S/C16H22N4O/c1-13(9-10-17)7-8-16(21)19-14-5-2-3-6-15(14)20-12-4-11-18-20/h2-6,11-13H,7-10,17H2,1H3,(H,19,21). The summed E-state index contributed by atoms with van der Waals surface area (Å²) in [6, 6.07) is 9.50. The van der Waals surface area contributed by atoms with Gasteiger partial charge in [-0.2, -0.15) is 5.10 Å². The SMILES string of the molecule is CC(CCN)CCC(=O)Nc1ccccc1-n1cccn1. The molecule has 1 atom stereocenters. The molecule has 0 saturated heterocycles. The quantitative estimate of drug-likeness (QED) is 0.821. The van der Waals surface area contributed by atoms with Gasteiger partial charge in [-0.1, -0.05) is 19.1 Å². The Bertz CT molecular complexity index is 565. The van der Waals surface area contributed by atoms with Gasteiger partial charge in [-0.05, 0) is 43.5 Å². The minimum atomic E-state index is 0.0264. The number of anilines is 1. The van der Waals surface area contributed by atoms with E-state index in [2.05, 4.69) is 17.3 Å². The van der Waals surface area contributed by atoms with Crippen molar-refractivity contribution < 1.29 is 4.79 Å². The first-order chi connectivity index (χ1) is 10.2. The van der Waals surface area contributed by atoms with E-state index in [0.717, 1.165) is 24.2 Å². The largest absolute Gasteiger partial charge is 0.330 e. The van der Waals surface area contributed by atoms with Crippen LogP contribution in [-0.2, 0) is 4.79 Å². The van der Waals surface area contributed by atoms with Crippen molar-refractivity contribution in [3.8, 4) is 5.69 Å². The van der Waals surface area contributed by atoms with Crippen LogP contribution < -0.4 is 11.1 Å². The predicted octanol–water partition coefficient (Wildman–Crippen LogP) is 2.58. The van der Waals surface area contributed by atoms with E-state index in [1.165, 1.54) is 0 Å².